The predicted molar refractivity (Wildman–Crippen MR) is 109 cm³/mol. The van der Waals surface area contributed by atoms with Gasteiger partial charge in [0.1, 0.15) is 5.78 Å². The highest BCUT2D eigenvalue weighted by Gasteiger charge is 2.32. The van der Waals surface area contributed by atoms with E-state index in [4.69, 9.17) is 0 Å². The Morgan fingerprint density at radius 1 is 1.00 bits per heavy atom. The SMILES string of the molecule is CC1c2ccc(CC(=O)CCCCCS(=O)(=O)C(C)C)cc2C(C)C1C. The van der Waals surface area contributed by atoms with E-state index in [2.05, 4.69) is 39.0 Å². The number of carbonyl (C=O) groups is 1. The van der Waals surface area contributed by atoms with Crippen LogP contribution in [0, 0.1) is 5.92 Å². The molecule has 0 aliphatic heterocycles. The Labute approximate surface area is 159 Å². The minimum Gasteiger partial charge on any atom is -0.299 e. The molecule has 26 heavy (non-hydrogen) atoms. The van der Waals surface area contributed by atoms with Gasteiger partial charge in [0.15, 0.2) is 9.84 Å². The maximum atomic E-state index is 12.3. The Hall–Kier alpha value is -1.16. The Balaban J connectivity index is 1.79. The van der Waals surface area contributed by atoms with E-state index >= 15 is 0 Å². The van der Waals surface area contributed by atoms with E-state index in [1.54, 1.807) is 13.8 Å². The molecule has 3 unspecified atom stereocenters. The number of benzene rings is 1. The van der Waals surface area contributed by atoms with Gasteiger partial charge in [-0.3, -0.25) is 4.79 Å². The number of unbranched alkanes of at least 4 members (excludes halogenated alkanes) is 2. The summed E-state index contributed by atoms with van der Waals surface area (Å²) >= 11 is 0. The van der Waals surface area contributed by atoms with Crippen LogP contribution in [0.5, 0.6) is 0 Å². The first-order chi connectivity index (χ1) is 12.1. The highest BCUT2D eigenvalue weighted by molar-refractivity contribution is 7.91. The second kappa shape index (κ2) is 8.69. The van der Waals surface area contributed by atoms with Crippen molar-refractivity contribution in [3.05, 3.63) is 34.9 Å². The van der Waals surface area contributed by atoms with Gasteiger partial charge >= 0.3 is 0 Å². The molecule has 2 rings (SSSR count). The van der Waals surface area contributed by atoms with Crippen LogP contribution in [0.2, 0.25) is 0 Å². The van der Waals surface area contributed by atoms with Crippen molar-refractivity contribution in [2.24, 2.45) is 5.92 Å². The van der Waals surface area contributed by atoms with Gasteiger partial charge in [0.2, 0.25) is 0 Å². The lowest BCUT2D eigenvalue weighted by Crippen LogP contribution is -2.17. The number of hydrogen-bond donors (Lipinski definition) is 0. The average Bonchev–Trinajstić information content (AvgIpc) is 2.78. The molecule has 0 radical (unpaired) electrons. The summed E-state index contributed by atoms with van der Waals surface area (Å²) in [6, 6.07) is 6.54. The van der Waals surface area contributed by atoms with Gasteiger partial charge < -0.3 is 0 Å². The highest BCUT2D eigenvalue weighted by atomic mass is 32.2. The van der Waals surface area contributed by atoms with Crippen LogP contribution >= 0.6 is 0 Å². The molecule has 4 heteroatoms. The minimum atomic E-state index is -2.95. The maximum absolute atomic E-state index is 12.3. The fourth-order valence-corrected chi connectivity index (χ4v) is 4.97. The lowest BCUT2D eigenvalue weighted by Gasteiger charge is -2.13. The summed E-state index contributed by atoms with van der Waals surface area (Å²) < 4.78 is 23.5. The summed E-state index contributed by atoms with van der Waals surface area (Å²) in [5, 5.41) is -0.309. The minimum absolute atomic E-state index is 0.234. The second-order valence-electron chi connectivity index (χ2n) is 8.34. The van der Waals surface area contributed by atoms with Gasteiger partial charge in [-0.2, -0.15) is 0 Å². The molecule has 3 atom stereocenters. The van der Waals surface area contributed by atoms with Crippen LogP contribution < -0.4 is 0 Å². The van der Waals surface area contributed by atoms with Crippen molar-refractivity contribution >= 4 is 15.6 Å². The molecule has 0 N–H and O–H groups in total. The summed E-state index contributed by atoms with van der Waals surface area (Å²) in [5.41, 5.74) is 3.96. The van der Waals surface area contributed by atoms with Crippen molar-refractivity contribution in [2.45, 2.75) is 83.8 Å². The van der Waals surface area contributed by atoms with Gasteiger partial charge in [0, 0.05) is 12.8 Å². The number of ketones is 1. The molecule has 0 bridgehead atoms. The van der Waals surface area contributed by atoms with Gasteiger partial charge in [-0.05, 0) is 61.1 Å². The third-order valence-corrected chi connectivity index (χ3v) is 8.51. The zero-order valence-electron chi connectivity index (χ0n) is 16.9. The van der Waals surface area contributed by atoms with Gasteiger partial charge in [-0.1, -0.05) is 45.4 Å². The van der Waals surface area contributed by atoms with Crippen molar-refractivity contribution in [3.8, 4) is 0 Å². The number of fused-ring (bicyclic) bond motifs is 1. The Morgan fingerprint density at radius 2 is 1.65 bits per heavy atom. The number of Topliss-reactive ketones (excluding diaryl/α,β-unsaturated/α-hetero) is 1. The van der Waals surface area contributed by atoms with Crippen molar-refractivity contribution in [1.29, 1.82) is 0 Å². The second-order valence-corrected chi connectivity index (χ2v) is 11.0. The molecule has 1 aromatic carbocycles. The number of hydrogen-bond acceptors (Lipinski definition) is 3. The molecule has 0 aromatic heterocycles. The van der Waals surface area contributed by atoms with E-state index in [-0.39, 0.29) is 16.8 Å². The lowest BCUT2D eigenvalue weighted by atomic mass is 9.91. The first kappa shape index (κ1) is 21.1. The third kappa shape index (κ3) is 4.97. The predicted octanol–water partition coefficient (Wildman–Crippen LogP) is 5.04. The molecule has 1 aromatic rings. The molecule has 0 saturated heterocycles. The highest BCUT2D eigenvalue weighted by Crippen LogP contribution is 2.45. The standard InChI is InChI=1S/C22H34O3S/c1-15(2)26(24,25)12-8-6-7-9-20(23)13-19-10-11-21-17(4)16(3)18(5)22(21)14-19/h10-11,14-18H,6-9,12-13H2,1-5H3. The monoisotopic (exact) mass is 378 g/mol. The molecule has 0 fully saturated rings. The fraction of sp³-hybridized carbons (Fsp3) is 0.682. The molecule has 146 valence electrons. The molecule has 0 spiro atoms. The normalized spacial score (nSPS) is 22.6. The molecule has 0 saturated carbocycles. The van der Waals surface area contributed by atoms with E-state index in [0.717, 1.165) is 18.4 Å². The molecular formula is C22H34O3S. The van der Waals surface area contributed by atoms with Crippen molar-refractivity contribution in [1.82, 2.24) is 0 Å². The summed E-state index contributed by atoms with van der Waals surface area (Å²) in [6.45, 7) is 10.3. The average molecular weight is 379 g/mol. The first-order valence-corrected chi connectivity index (χ1v) is 11.7. The summed E-state index contributed by atoms with van der Waals surface area (Å²) in [6.07, 6.45) is 3.27. The number of carbonyl (C=O) groups excluding carboxylic acids is 1. The molecule has 0 heterocycles. The van der Waals surface area contributed by atoms with Crippen molar-refractivity contribution in [2.75, 3.05) is 5.75 Å². The van der Waals surface area contributed by atoms with Crippen LogP contribution in [0.1, 0.15) is 88.8 Å². The van der Waals surface area contributed by atoms with Gasteiger partial charge in [-0.25, -0.2) is 8.42 Å². The van der Waals surface area contributed by atoms with Crippen LogP contribution in [-0.4, -0.2) is 25.2 Å². The fourth-order valence-electron chi connectivity index (χ4n) is 3.90. The quantitative estimate of drug-likeness (QED) is 0.566. The third-order valence-electron chi connectivity index (χ3n) is 6.21. The van der Waals surface area contributed by atoms with E-state index in [0.29, 0.717) is 37.0 Å². The van der Waals surface area contributed by atoms with E-state index in [1.165, 1.54) is 11.1 Å². The van der Waals surface area contributed by atoms with Gasteiger partial charge in [0.25, 0.3) is 0 Å². The van der Waals surface area contributed by atoms with Crippen LogP contribution in [0.15, 0.2) is 18.2 Å². The van der Waals surface area contributed by atoms with Crippen LogP contribution in [0.4, 0.5) is 0 Å². The molecule has 1 aliphatic carbocycles. The summed E-state index contributed by atoms with van der Waals surface area (Å²) in [4.78, 5) is 12.3. The topological polar surface area (TPSA) is 51.2 Å². The number of rotatable bonds is 9. The summed E-state index contributed by atoms with van der Waals surface area (Å²) in [5.74, 6) is 2.28. The molecule has 1 aliphatic rings. The lowest BCUT2D eigenvalue weighted by molar-refractivity contribution is -0.118. The van der Waals surface area contributed by atoms with Crippen LogP contribution in [0.3, 0.4) is 0 Å². The zero-order chi connectivity index (χ0) is 19.5. The van der Waals surface area contributed by atoms with Crippen molar-refractivity contribution < 1.29 is 13.2 Å². The molecule has 0 amide bonds. The number of sulfone groups is 1. The molecule has 3 nitrogen and oxygen atoms in total. The first-order valence-electron chi connectivity index (χ1n) is 9.99. The van der Waals surface area contributed by atoms with E-state index in [1.807, 2.05) is 0 Å². The smallest absolute Gasteiger partial charge is 0.152 e. The Kier molecular flexibility index (Phi) is 7.06. The Bertz CT molecular complexity index is 734. The van der Waals surface area contributed by atoms with Gasteiger partial charge in [0.05, 0.1) is 11.0 Å². The van der Waals surface area contributed by atoms with Crippen molar-refractivity contribution in [3.63, 3.8) is 0 Å². The van der Waals surface area contributed by atoms with E-state index < -0.39 is 9.84 Å². The van der Waals surface area contributed by atoms with Crippen LogP contribution in [0.25, 0.3) is 0 Å². The van der Waals surface area contributed by atoms with Crippen LogP contribution in [-0.2, 0) is 21.1 Å². The largest absolute Gasteiger partial charge is 0.299 e. The Morgan fingerprint density at radius 3 is 2.31 bits per heavy atom. The summed E-state index contributed by atoms with van der Waals surface area (Å²) in [7, 11) is -2.95. The zero-order valence-corrected chi connectivity index (χ0v) is 17.7. The molecular weight excluding hydrogens is 344 g/mol. The van der Waals surface area contributed by atoms with E-state index in [9.17, 15) is 13.2 Å². The van der Waals surface area contributed by atoms with Gasteiger partial charge in [-0.15, -0.1) is 0 Å². The maximum Gasteiger partial charge on any atom is 0.152 e.